The average Bonchev–Trinajstić information content (AvgIpc) is 2.83. The van der Waals surface area contributed by atoms with Gasteiger partial charge in [-0.25, -0.2) is 0 Å². The first kappa shape index (κ1) is 13.2. The lowest BCUT2D eigenvalue weighted by Gasteiger charge is -2.23. The highest BCUT2D eigenvalue weighted by Gasteiger charge is 2.48. The van der Waals surface area contributed by atoms with Crippen molar-refractivity contribution in [2.24, 2.45) is 0 Å². The highest BCUT2D eigenvalue weighted by molar-refractivity contribution is 6.02. The normalized spacial score (nSPS) is 37.3. The Kier molecular flexibility index (Phi) is 3.47. The smallest absolute Gasteiger partial charge is 0.192 e. The van der Waals surface area contributed by atoms with Crippen LogP contribution in [0.25, 0.3) is 0 Å². The molecule has 0 bridgehead atoms. The van der Waals surface area contributed by atoms with Crippen molar-refractivity contribution >= 4 is 5.78 Å². The molecular formula is C14H20O5. The van der Waals surface area contributed by atoms with E-state index in [1.165, 1.54) is 0 Å². The van der Waals surface area contributed by atoms with Crippen molar-refractivity contribution < 1.29 is 23.7 Å². The second kappa shape index (κ2) is 4.98. The Morgan fingerprint density at radius 2 is 2.21 bits per heavy atom. The number of rotatable bonds is 3. The van der Waals surface area contributed by atoms with Gasteiger partial charge in [-0.3, -0.25) is 4.79 Å². The molecule has 2 aliphatic heterocycles. The molecule has 0 spiro atoms. The van der Waals surface area contributed by atoms with Crippen molar-refractivity contribution in [3.63, 3.8) is 0 Å². The lowest BCUT2D eigenvalue weighted by molar-refractivity contribution is -0.162. The maximum absolute atomic E-state index is 12.2. The maximum atomic E-state index is 12.2. The molecule has 0 aromatic rings. The van der Waals surface area contributed by atoms with Crippen molar-refractivity contribution in [1.82, 2.24) is 0 Å². The number of Topliss-reactive ketones (excluding diaryl/α,β-unsaturated/α-hetero) is 1. The lowest BCUT2D eigenvalue weighted by atomic mass is 10.2. The highest BCUT2D eigenvalue weighted by Crippen LogP contribution is 2.35. The Bertz CT molecular complexity index is 395. The molecule has 0 amide bonds. The van der Waals surface area contributed by atoms with Crippen molar-refractivity contribution in [2.75, 3.05) is 13.2 Å². The topological polar surface area (TPSA) is 54.0 Å². The van der Waals surface area contributed by atoms with Crippen molar-refractivity contribution in [1.29, 1.82) is 0 Å². The summed E-state index contributed by atoms with van der Waals surface area (Å²) in [7, 11) is 0. The highest BCUT2D eigenvalue weighted by atomic mass is 16.8. The maximum Gasteiger partial charge on any atom is 0.192 e. The minimum atomic E-state index is -0.680. The van der Waals surface area contributed by atoms with Crippen LogP contribution < -0.4 is 0 Å². The molecule has 0 aromatic heterocycles. The molecule has 1 unspecified atom stereocenters. The van der Waals surface area contributed by atoms with Gasteiger partial charge < -0.3 is 18.9 Å². The number of hydrogen-bond donors (Lipinski definition) is 0. The number of hydrogen-bond acceptors (Lipinski definition) is 5. The molecule has 2 heterocycles. The largest absolute Gasteiger partial charge is 0.353 e. The summed E-state index contributed by atoms with van der Waals surface area (Å²) >= 11 is 0. The van der Waals surface area contributed by atoms with Crippen LogP contribution in [0.3, 0.4) is 0 Å². The fourth-order valence-electron chi connectivity index (χ4n) is 2.72. The number of fused-ring (bicyclic) bond motifs is 1. The Morgan fingerprint density at radius 1 is 1.37 bits per heavy atom. The number of ether oxygens (including phenoxy) is 4. The minimum absolute atomic E-state index is 0.0219. The van der Waals surface area contributed by atoms with Gasteiger partial charge in [-0.1, -0.05) is 0 Å². The van der Waals surface area contributed by atoms with Crippen molar-refractivity contribution in [3.8, 4) is 0 Å². The zero-order valence-corrected chi connectivity index (χ0v) is 11.4. The molecule has 2 saturated heterocycles. The average molecular weight is 268 g/mol. The van der Waals surface area contributed by atoms with Gasteiger partial charge in [-0.15, -0.1) is 0 Å². The zero-order chi connectivity index (χ0) is 13.5. The molecule has 3 rings (SSSR count). The van der Waals surface area contributed by atoms with E-state index in [0.717, 1.165) is 25.9 Å². The molecule has 1 aliphatic carbocycles. The molecule has 19 heavy (non-hydrogen) atoms. The van der Waals surface area contributed by atoms with Gasteiger partial charge in [0, 0.05) is 12.2 Å². The van der Waals surface area contributed by atoms with Crippen LogP contribution in [0.1, 0.15) is 33.1 Å². The first-order chi connectivity index (χ1) is 9.05. The van der Waals surface area contributed by atoms with Gasteiger partial charge in [0.15, 0.2) is 24.0 Å². The summed E-state index contributed by atoms with van der Waals surface area (Å²) in [6, 6.07) is 0. The second-order valence-electron chi connectivity index (χ2n) is 5.68. The quantitative estimate of drug-likeness (QED) is 0.777. The van der Waals surface area contributed by atoms with E-state index in [2.05, 4.69) is 0 Å². The monoisotopic (exact) mass is 268 g/mol. The molecule has 0 N–H and O–H groups in total. The Hall–Kier alpha value is -0.750. The van der Waals surface area contributed by atoms with Crippen LogP contribution in [0.5, 0.6) is 0 Å². The summed E-state index contributed by atoms with van der Waals surface area (Å²) < 4.78 is 22.4. The molecule has 2 fully saturated rings. The van der Waals surface area contributed by atoms with E-state index < -0.39 is 11.9 Å². The summed E-state index contributed by atoms with van der Waals surface area (Å²) in [6.07, 6.45) is 3.97. The summed E-state index contributed by atoms with van der Waals surface area (Å²) in [5, 5.41) is 0. The number of carbonyl (C=O) groups is 1. The van der Waals surface area contributed by atoms with Crippen LogP contribution >= 0.6 is 0 Å². The molecule has 106 valence electrons. The van der Waals surface area contributed by atoms with Gasteiger partial charge in [-0.2, -0.15) is 0 Å². The van der Waals surface area contributed by atoms with E-state index in [1.54, 1.807) is 0 Å². The first-order valence-electron chi connectivity index (χ1n) is 6.89. The zero-order valence-electron chi connectivity index (χ0n) is 11.4. The van der Waals surface area contributed by atoms with Crippen molar-refractivity contribution in [3.05, 3.63) is 11.6 Å². The third-order valence-corrected chi connectivity index (χ3v) is 3.63. The molecule has 3 atom stereocenters. The van der Waals surface area contributed by atoms with Gasteiger partial charge in [0.05, 0.1) is 6.61 Å². The molecule has 5 heteroatoms. The van der Waals surface area contributed by atoms with Crippen LogP contribution in [-0.2, 0) is 23.7 Å². The molecule has 5 nitrogen and oxygen atoms in total. The Labute approximate surface area is 112 Å². The van der Waals surface area contributed by atoms with Gasteiger partial charge >= 0.3 is 0 Å². The van der Waals surface area contributed by atoms with Crippen LogP contribution in [0, 0.1) is 0 Å². The minimum Gasteiger partial charge on any atom is -0.353 e. The number of ketones is 1. The summed E-state index contributed by atoms with van der Waals surface area (Å²) in [4.78, 5) is 12.2. The van der Waals surface area contributed by atoms with E-state index in [1.807, 2.05) is 19.9 Å². The van der Waals surface area contributed by atoms with Crippen LogP contribution in [0.2, 0.25) is 0 Å². The Balaban J connectivity index is 1.56. The van der Waals surface area contributed by atoms with E-state index >= 15 is 0 Å². The van der Waals surface area contributed by atoms with Crippen molar-refractivity contribution in [2.45, 2.75) is 57.4 Å². The predicted octanol–water partition coefficient (Wildman–Crippen LogP) is 1.56. The lowest BCUT2D eigenvalue weighted by Crippen LogP contribution is -2.29. The van der Waals surface area contributed by atoms with Crippen LogP contribution in [0.4, 0.5) is 0 Å². The Morgan fingerprint density at radius 3 is 2.89 bits per heavy atom. The van der Waals surface area contributed by atoms with E-state index in [4.69, 9.17) is 18.9 Å². The third kappa shape index (κ3) is 2.74. The molecule has 3 aliphatic rings. The van der Waals surface area contributed by atoms with Crippen LogP contribution in [0.15, 0.2) is 11.6 Å². The fraction of sp³-hybridized carbons (Fsp3) is 0.786. The van der Waals surface area contributed by atoms with E-state index in [-0.39, 0.29) is 24.8 Å². The first-order valence-corrected chi connectivity index (χ1v) is 6.89. The SMILES string of the molecule is CC1(C)O[C@@H]2C=C(COC3CCCCO3)C(=O)[C@@H]2O1. The molecule has 0 radical (unpaired) electrons. The van der Waals surface area contributed by atoms with E-state index in [0.29, 0.717) is 5.57 Å². The third-order valence-electron chi connectivity index (χ3n) is 3.63. The molecule has 0 aromatic carbocycles. The predicted molar refractivity (Wildman–Crippen MR) is 66.5 cm³/mol. The second-order valence-corrected chi connectivity index (χ2v) is 5.68. The summed E-state index contributed by atoms with van der Waals surface area (Å²) in [5.74, 6) is -0.702. The van der Waals surface area contributed by atoms with Crippen LogP contribution in [-0.4, -0.2) is 43.3 Å². The van der Waals surface area contributed by atoms with Gasteiger partial charge in [-0.05, 0) is 39.2 Å². The van der Waals surface area contributed by atoms with Gasteiger partial charge in [0.1, 0.15) is 6.10 Å². The summed E-state index contributed by atoms with van der Waals surface area (Å²) in [6.45, 7) is 4.66. The number of carbonyl (C=O) groups excluding carboxylic acids is 1. The summed E-state index contributed by atoms with van der Waals surface area (Å²) in [5.41, 5.74) is 0.639. The van der Waals surface area contributed by atoms with E-state index in [9.17, 15) is 4.79 Å². The van der Waals surface area contributed by atoms with Gasteiger partial charge in [0.25, 0.3) is 0 Å². The molecular weight excluding hydrogens is 248 g/mol. The fourth-order valence-corrected chi connectivity index (χ4v) is 2.72. The van der Waals surface area contributed by atoms with Gasteiger partial charge in [0.2, 0.25) is 0 Å². The molecule has 0 saturated carbocycles. The standard InChI is InChI=1S/C14H20O5/c1-14(2)18-10-7-9(12(15)13(10)19-14)8-17-11-5-3-4-6-16-11/h7,10-11,13H,3-6,8H2,1-2H3/t10-,11?,13-/m1/s1.